The summed E-state index contributed by atoms with van der Waals surface area (Å²) in [6, 6.07) is -0.609. The molecule has 2 atom stereocenters. The van der Waals surface area contributed by atoms with Crippen LogP contribution in [0.1, 0.15) is 48.0 Å². The number of nitrogens with two attached hydrogens (primary N) is 1. The first kappa shape index (κ1) is 18.9. The van der Waals surface area contributed by atoms with Crippen LogP contribution in [0.15, 0.2) is 24.4 Å². The van der Waals surface area contributed by atoms with E-state index in [1.54, 1.807) is 19.1 Å². The molecule has 0 bridgehead atoms. The van der Waals surface area contributed by atoms with Gasteiger partial charge in [0, 0.05) is 5.70 Å². The largest absolute Gasteiger partial charge is 0.460 e. The summed E-state index contributed by atoms with van der Waals surface area (Å²) in [6.07, 6.45) is 3.83. The molecule has 1 aliphatic heterocycles. The first-order valence-corrected chi connectivity index (χ1v) is 7.71. The summed E-state index contributed by atoms with van der Waals surface area (Å²) >= 11 is 0. The lowest BCUT2D eigenvalue weighted by atomic mass is 9.70. The Morgan fingerprint density at radius 2 is 1.82 bits per heavy atom. The second-order valence-corrected chi connectivity index (χ2v) is 7.02. The highest BCUT2D eigenvalue weighted by Crippen LogP contribution is 2.40. The molecule has 0 radical (unpaired) electrons. The summed E-state index contributed by atoms with van der Waals surface area (Å²) in [6.45, 7) is 15.4. The van der Waals surface area contributed by atoms with Crippen LogP contribution in [0.4, 0.5) is 0 Å². The van der Waals surface area contributed by atoms with E-state index in [0.29, 0.717) is 6.42 Å². The van der Waals surface area contributed by atoms with E-state index in [0.717, 1.165) is 5.70 Å². The third-order valence-corrected chi connectivity index (χ3v) is 4.39. The van der Waals surface area contributed by atoms with Gasteiger partial charge in [-0.2, -0.15) is 0 Å². The fourth-order valence-electron chi connectivity index (χ4n) is 2.25. The normalized spacial score (nSPS) is 23.0. The summed E-state index contributed by atoms with van der Waals surface area (Å²) in [7, 11) is -0.353. The average molecular weight is 308 g/mol. The minimum Gasteiger partial charge on any atom is -0.403 e. The van der Waals surface area contributed by atoms with Crippen molar-refractivity contribution in [2.24, 2.45) is 5.73 Å². The van der Waals surface area contributed by atoms with E-state index >= 15 is 0 Å². The van der Waals surface area contributed by atoms with Gasteiger partial charge >= 0.3 is 7.12 Å². The molecule has 124 valence electrons. The van der Waals surface area contributed by atoms with Crippen LogP contribution in [0.3, 0.4) is 0 Å². The van der Waals surface area contributed by atoms with Crippen molar-refractivity contribution >= 4 is 13.0 Å². The van der Waals surface area contributed by atoms with Crippen LogP contribution in [0.5, 0.6) is 0 Å². The summed E-state index contributed by atoms with van der Waals surface area (Å²) < 4.78 is 12.0. The molecule has 0 aliphatic carbocycles. The monoisotopic (exact) mass is 308 g/mol. The van der Waals surface area contributed by atoms with Gasteiger partial charge in [0.25, 0.3) is 0 Å². The summed E-state index contributed by atoms with van der Waals surface area (Å²) in [4.78, 5) is 12.0. The standard InChI is InChI=1S/C16H29BN2O3/c1-8-9-12(3)19-14(20)13(18)10-11(2)17-21-15(4,5)16(6,7)22-17/h8-9,11,13H,1,10,18H2,2-7H3,(H,19,20)/b12-9+/t11?,13-/m0/s1. The van der Waals surface area contributed by atoms with E-state index < -0.39 is 6.04 Å². The van der Waals surface area contributed by atoms with Crippen molar-refractivity contribution in [3.8, 4) is 0 Å². The SMILES string of the molecule is C=C/C=C(\C)NC(=O)[C@@H](N)CC(C)B1OC(C)(C)C(C)(C)O1. The van der Waals surface area contributed by atoms with Crippen LogP contribution in [-0.2, 0) is 14.1 Å². The summed E-state index contributed by atoms with van der Waals surface area (Å²) in [5.74, 6) is -0.190. The Balaban J connectivity index is 2.58. The maximum absolute atomic E-state index is 12.0. The molecule has 1 amide bonds. The number of rotatable bonds is 6. The number of carbonyl (C=O) groups is 1. The van der Waals surface area contributed by atoms with Gasteiger partial charge in [0.15, 0.2) is 0 Å². The van der Waals surface area contributed by atoms with E-state index in [2.05, 4.69) is 11.9 Å². The Morgan fingerprint density at radius 3 is 2.27 bits per heavy atom. The average Bonchev–Trinajstić information content (AvgIpc) is 2.58. The number of hydrogen-bond acceptors (Lipinski definition) is 4. The maximum Gasteiger partial charge on any atom is 0.460 e. The van der Waals surface area contributed by atoms with Crippen molar-refractivity contribution in [3.63, 3.8) is 0 Å². The van der Waals surface area contributed by atoms with Crippen LogP contribution in [0, 0.1) is 0 Å². The Morgan fingerprint density at radius 1 is 1.32 bits per heavy atom. The maximum atomic E-state index is 12.0. The smallest absolute Gasteiger partial charge is 0.403 e. The summed E-state index contributed by atoms with van der Waals surface area (Å²) in [5.41, 5.74) is 5.96. The predicted molar refractivity (Wildman–Crippen MR) is 90.2 cm³/mol. The van der Waals surface area contributed by atoms with Crippen molar-refractivity contribution < 1.29 is 14.1 Å². The van der Waals surface area contributed by atoms with Gasteiger partial charge in [-0.05, 0) is 52.9 Å². The van der Waals surface area contributed by atoms with Crippen LogP contribution in [-0.4, -0.2) is 30.3 Å². The van der Waals surface area contributed by atoms with E-state index in [-0.39, 0.29) is 30.0 Å². The van der Waals surface area contributed by atoms with Crippen molar-refractivity contribution in [1.29, 1.82) is 0 Å². The first-order chi connectivity index (χ1) is 10.00. The molecule has 1 rings (SSSR count). The Kier molecular flexibility index (Phi) is 6.01. The molecule has 1 heterocycles. The summed E-state index contributed by atoms with van der Waals surface area (Å²) in [5, 5.41) is 2.75. The van der Waals surface area contributed by atoms with Crippen molar-refractivity contribution in [1.82, 2.24) is 5.32 Å². The lowest BCUT2D eigenvalue weighted by Gasteiger charge is -2.32. The van der Waals surface area contributed by atoms with Gasteiger partial charge in [-0.1, -0.05) is 19.6 Å². The fraction of sp³-hybridized carbons (Fsp3) is 0.688. The zero-order valence-electron chi connectivity index (χ0n) is 14.6. The highest BCUT2D eigenvalue weighted by molar-refractivity contribution is 6.47. The van der Waals surface area contributed by atoms with Gasteiger partial charge < -0.3 is 20.4 Å². The minimum absolute atomic E-state index is 0.0190. The van der Waals surface area contributed by atoms with Gasteiger partial charge in [0.2, 0.25) is 5.91 Å². The molecule has 1 unspecified atom stereocenters. The second kappa shape index (κ2) is 6.98. The van der Waals surface area contributed by atoms with Crippen LogP contribution >= 0.6 is 0 Å². The Hall–Kier alpha value is -1.11. The minimum atomic E-state index is -0.609. The third kappa shape index (κ3) is 4.45. The van der Waals surface area contributed by atoms with Gasteiger partial charge in [0.1, 0.15) is 0 Å². The number of nitrogens with one attached hydrogen (secondary N) is 1. The van der Waals surface area contributed by atoms with E-state index in [9.17, 15) is 4.79 Å². The van der Waals surface area contributed by atoms with Crippen LogP contribution in [0.2, 0.25) is 5.82 Å². The number of allylic oxidation sites excluding steroid dienone is 3. The molecule has 1 aliphatic rings. The predicted octanol–water partition coefficient (Wildman–Crippen LogP) is 2.39. The molecule has 5 nitrogen and oxygen atoms in total. The van der Waals surface area contributed by atoms with E-state index in [4.69, 9.17) is 15.0 Å². The van der Waals surface area contributed by atoms with Gasteiger partial charge in [-0.3, -0.25) is 4.79 Å². The second-order valence-electron chi connectivity index (χ2n) is 7.02. The molecular weight excluding hydrogens is 279 g/mol. The van der Waals surface area contributed by atoms with Crippen LogP contribution < -0.4 is 11.1 Å². The molecular formula is C16H29BN2O3. The van der Waals surface area contributed by atoms with Gasteiger partial charge in [-0.25, -0.2) is 0 Å². The molecule has 0 aromatic heterocycles. The topological polar surface area (TPSA) is 73.6 Å². The quantitative estimate of drug-likeness (QED) is 0.584. The van der Waals surface area contributed by atoms with Crippen molar-refractivity contribution in [3.05, 3.63) is 24.4 Å². The molecule has 1 saturated heterocycles. The zero-order valence-corrected chi connectivity index (χ0v) is 14.6. The highest BCUT2D eigenvalue weighted by atomic mass is 16.7. The first-order valence-electron chi connectivity index (χ1n) is 7.71. The fourth-order valence-corrected chi connectivity index (χ4v) is 2.25. The van der Waals surface area contributed by atoms with E-state index in [1.807, 2.05) is 34.6 Å². The van der Waals surface area contributed by atoms with E-state index in [1.165, 1.54) is 0 Å². The molecule has 22 heavy (non-hydrogen) atoms. The molecule has 6 heteroatoms. The molecule has 0 spiro atoms. The molecule has 0 aromatic rings. The number of amides is 1. The molecule has 3 N–H and O–H groups in total. The number of carbonyl (C=O) groups excluding carboxylic acids is 1. The Bertz CT molecular complexity index is 444. The molecule has 1 fully saturated rings. The number of hydrogen-bond donors (Lipinski definition) is 2. The third-order valence-electron chi connectivity index (χ3n) is 4.39. The lowest BCUT2D eigenvalue weighted by Crippen LogP contribution is -2.42. The van der Waals surface area contributed by atoms with Crippen molar-refractivity contribution in [2.45, 2.75) is 71.0 Å². The van der Waals surface area contributed by atoms with Gasteiger partial charge in [-0.15, -0.1) is 0 Å². The highest BCUT2D eigenvalue weighted by Gasteiger charge is 2.52. The van der Waals surface area contributed by atoms with Gasteiger partial charge in [0.05, 0.1) is 17.2 Å². The zero-order chi connectivity index (χ0) is 17.1. The molecule has 0 saturated carbocycles. The van der Waals surface area contributed by atoms with Crippen LogP contribution in [0.25, 0.3) is 0 Å². The lowest BCUT2D eigenvalue weighted by molar-refractivity contribution is -0.121. The van der Waals surface area contributed by atoms with Crippen molar-refractivity contribution in [2.75, 3.05) is 0 Å². The Labute approximate surface area is 134 Å². The molecule has 0 aromatic carbocycles.